The second kappa shape index (κ2) is 21.6. The van der Waals surface area contributed by atoms with Gasteiger partial charge in [-0.05, 0) is 112 Å². The lowest BCUT2D eigenvalue weighted by Crippen LogP contribution is -2.49. The third kappa shape index (κ3) is 14.9. The maximum Gasteiger partial charge on any atom is 0.311 e. The van der Waals surface area contributed by atoms with Crippen molar-refractivity contribution in [3.8, 4) is 0 Å². The highest BCUT2D eigenvalue weighted by Gasteiger charge is 2.42. The summed E-state index contributed by atoms with van der Waals surface area (Å²) in [6.07, 6.45) is 2.73. The molecule has 0 aliphatic carbocycles. The predicted molar refractivity (Wildman–Crippen MR) is 194 cm³/mol. The first-order valence-corrected chi connectivity index (χ1v) is 18.8. The summed E-state index contributed by atoms with van der Waals surface area (Å²) in [5, 5.41) is 38.0. The largest absolute Gasteiger partial charge is 0.459 e. The highest BCUT2D eigenvalue weighted by molar-refractivity contribution is 5.73. The van der Waals surface area contributed by atoms with Crippen molar-refractivity contribution in [2.45, 2.75) is 175 Å². The molecule has 11 unspecified atom stereocenters. The van der Waals surface area contributed by atoms with Gasteiger partial charge in [-0.2, -0.15) is 0 Å². The zero-order valence-corrected chi connectivity index (χ0v) is 33.5. The van der Waals surface area contributed by atoms with E-state index >= 15 is 0 Å². The standard InChI is InChI=1S/C29H55NO6.C8H17NO2.CH4O/c1-11-24-29(9,33)15-21(6)30(10)16-18(3)12-17(2)13-20(5)27(22(7)28(32)35-24)36-25-14-19(4)26(31)23(8)34-25;1-6-4-7(9(2)3)5-8(10)11-6;1-2/h17-27,31,33H,11-16H2,1-10H3;6-8,10H,4-5H2,1-3H3;2H,1H3/t17?,18?,19?,20?,21-,22?,23?,24?,25+,26-,27?,29+;;/m1../s1. The Bertz CT molecular complexity index is 902. The third-order valence-corrected chi connectivity index (χ3v) is 10.9. The Kier molecular flexibility index (Phi) is 20.3. The van der Waals surface area contributed by atoms with Crippen molar-refractivity contribution in [1.29, 1.82) is 0 Å². The van der Waals surface area contributed by atoms with Crippen molar-refractivity contribution >= 4 is 5.97 Å². The molecule has 49 heavy (non-hydrogen) atoms. The quantitative estimate of drug-likeness (QED) is 0.304. The number of hydrogen-bond donors (Lipinski definition) is 4. The van der Waals surface area contributed by atoms with Crippen LogP contribution in [0.1, 0.15) is 114 Å². The van der Waals surface area contributed by atoms with Crippen molar-refractivity contribution in [1.82, 2.24) is 9.80 Å². The van der Waals surface area contributed by atoms with Gasteiger partial charge in [0.25, 0.3) is 0 Å². The molecule has 3 fully saturated rings. The molecule has 0 spiro atoms. The summed E-state index contributed by atoms with van der Waals surface area (Å²) >= 11 is 0. The Balaban J connectivity index is 0.000000773. The lowest BCUT2D eigenvalue weighted by atomic mass is 9.83. The first-order valence-electron chi connectivity index (χ1n) is 18.8. The Labute approximate surface area is 299 Å². The molecule has 11 heteroatoms. The van der Waals surface area contributed by atoms with Crippen LogP contribution in [0.5, 0.6) is 0 Å². The number of aliphatic hydroxyl groups is 4. The third-order valence-electron chi connectivity index (χ3n) is 10.9. The molecule has 3 aliphatic rings. The van der Waals surface area contributed by atoms with Gasteiger partial charge >= 0.3 is 5.97 Å². The lowest BCUT2D eigenvalue weighted by molar-refractivity contribution is -0.261. The Morgan fingerprint density at radius 3 is 2.04 bits per heavy atom. The minimum absolute atomic E-state index is 0.0527. The van der Waals surface area contributed by atoms with Crippen LogP contribution in [0, 0.1) is 29.6 Å². The van der Waals surface area contributed by atoms with E-state index in [1.807, 2.05) is 48.7 Å². The topological polar surface area (TPSA) is 141 Å². The minimum Gasteiger partial charge on any atom is -0.459 e. The van der Waals surface area contributed by atoms with Crippen molar-refractivity contribution in [2.75, 3.05) is 34.8 Å². The van der Waals surface area contributed by atoms with E-state index < -0.39 is 36.3 Å². The number of esters is 1. The number of cyclic esters (lactones) is 1. The summed E-state index contributed by atoms with van der Waals surface area (Å²) in [7, 11) is 7.19. The van der Waals surface area contributed by atoms with Crippen LogP contribution in [-0.2, 0) is 23.7 Å². The minimum atomic E-state index is -1.13. The normalized spacial score (nSPS) is 43.5. The molecule has 15 atom stereocenters. The fourth-order valence-corrected chi connectivity index (χ4v) is 8.02. The van der Waals surface area contributed by atoms with Gasteiger partial charge in [-0.25, -0.2) is 0 Å². The van der Waals surface area contributed by atoms with Crippen molar-refractivity contribution < 1.29 is 44.2 Å². The Hall–Kier alpha value is -0.890. The molecule has 0 saturated carbocycles. The van der Waals surface area contributed by atoms with E-state index in [0.717, 1.165) is 39.3 Å². The molecule has 3 saturated heterocycles. The van der Waals surface area contributed by atoms with Gasteiger partial charge in [0, 0.05) is 38.6 Å². The zero-order chi connectivity index (χ0) is 37.8. The number of carbonyl (C=O) groups excluding carboxylic acids is 1. The number of hydrogen-bond acceptors (Lipinski definition) is 11. The summed E-state index contributed by atoms with van der Waals surface area (Å²) in [6.45, 7) is 21.3. The van der Waals surface area contributed by atoms with Gasteiger partial charge in [0.1, 0.15) is 11.7 Å². The van der Waals surface area contributed by atoms with E-state index in [1.165, 1.54) is 0 Å². The maximum absolute atomic E-state index is 13.5. The molecule has 0 aromatic rings. The Morgan fingerprint density at radius 1 is 0.898 bits per heavy atom. The number of rotatable bonds is 4. The van der Waals surface area contributed by atoms with E-state index in [-0.39, 0.29) is 42.2 Å². The molecule has 3 aliphatic heterocycles. The van der Waals surface area contributed by atoms with Crippen molar-refractivity contribution in [2.24, 2.45) is 29.6 Å². The van der Waals surface area contributed by atoms with Crippen LogP contribution in [0.15, 0.2) is 0 Å². The Morgan fingerprint density at radius 2 is 1.51 bits per heavy atom. The molecule has 0 amide bonds. The fourth-order valence-electron chi connectivity index (χ4n) is 8.02. The molecule has 4 N–H and O–H groups in total. The monoisotopic (exact) mass is 705 g/mol. The van der Waals surface area contributed by atoms with Crippen LogP contribution in [-0.4, -0.2) is 132 Å². The van der Waals surface area contributed by atoms with E-state index in [4.69, 9.17) is 24.1 Å². The first-order chi connectivity index (χ1) is 22.7. The highest BCUT2D eigenvalue weighted by atomic mass is 16.7. The smallest absolute Gasteiger partial charge is 0.311 e. The van der Waals surface area contributed by atoms with E-state index in [2.05, 4.69) is 44.5 Å². The van der Waals surface area contributed by atoms with E-state index in [9.17, 15) is 20.1 Å². The second-order valence-corrected chi connectivity index (χ2v) is 16.2. The number of nitrogens with zero attached hydrogens (tertiary/aromatic N) is 2. The van der Waals surface area contributed by atoms with Crippen LogP contribution in [0.4, 0.5) is 0 Å². The molecule has 0 radical (unpaired) electrons. The van der Waals surface area contributed by atoms with Gasteiger partial charge in [0.05, 0.1) is 30.3 Å². The molecule has 3 heterocycles. The van der Waals surface area contributed by atoms with Crippen LogP contribution >= 0.6 is 0 Å². The van der Waals surface area contributed by atoms with Gasteiger partial charge < -0.3 is 49.2 Å². The molecule has 0 bridgehead atoms. The van der Waals surface area contributed by atoms with Crippen LogP contribution in [0.25, 0.3) is 0 Å². The zero-order valence-electron chi connectivity index (χ0n) is 33.5. The van der Waals surface area contributed by atoms with Crippen LogP contribution in [0.3, 0.4) is 0 Å². The van der Waals surface area contributed by atoms with E-state index in [1.54, 1.807) is 6.92 Å². The molecular weight excluding hydrogens is 628 g/mol. The van der Waals surface area contributed by atoms with Crippen molar-refractivity contribution in [3.05, 3.63) is 0 Å². The molecule has 3 rings (SSSR count). The number of ether oxygens (including phenoxy) is 4. The predicted octanol–water partition coefficient (Wildman–Crippen LogP) is 4.67. The molecule has 292 valence electrons. The SMILES string of the molecule is CC1CC(N(C)C)CC(O)O1.CCC1OC(=O)C(C)C(O[C@H]2CC(C)[C@@H](O)C(C)O2)C(C)CC(C)CC(C)CN(C)[C@H](C)C[C@]1(C)O.CO. The number of carbonyl (C=O) groups is 1. The van der Waals surface area contributed by atoms with Gasteiger partial charge in [-0.1, -0.05) is 34.6 Å². The highest BCUT2D eigenvalue weighted by Crippen LogP contribution is 2.34. The first kappa shape index (κ1) is 46.1. The van der Waals surface area contributed by atoms with Crippen LogP contribution < -0.4 is 0 Å². The maximum atomic E-state index is 13.5. The summed E-state index contributed by atoms with van der Waals surface area (Å²) in [5.41, 5.74) is -1.13. The number of aliphatic hydroxyl groups excluding tert-OH is 3. The van der Waals surface area contributed by atoms with Crippen molar-refractivity contribution in [3.63, 3.8) is 0 Å². The summed E-state index contributed by atoms with van der Waals surface area (Å²) in [4.78, 5) is 17.9. The van der Waals surface area contributed by atoms with E-state index in [0.29, 0.717) is 37.1 Å². The molecule has 0 aromatic heterocycles. The average molecular weight is 705 g/mol. The van der Waals surface area contributed by atoms with Gasteiger partial charge in [0.2, 0.25) is 0 Å². The summed E-state index contributed by atoms with van der Waals surface area (Å²) < 4.78 is 23.7. The second-order valence-electron chi connectivity index (χ2n) is 16.2. The van der Waals surface area contributed by atoms with Gasteiger partial charge in [-0.3, -0.25) is 4.79 Å². The molecule has 0 aromatic carbocycles. The van der Waals surface area contributed by atoms with Gasteiger partial charge in [0.15, 0.2) is 12.6 Å². The van der Waals surface area contributed by atoms with Gasteiger partial charge in [-0.15, -0.1) is 0 Å². The average Bonchev–Trinajstić information content (AvgIpc) is 3.00. The summed E-state index contributed by atoms with van der Waals surface area (Å²) in [6, 6.07) is 0.625. The van der Waals surface area contributed by atoms with Crippen LogP contribution in [0.2, 0.25) is 0 Å². The molecular formula is C38H76N2O9. The molecule has 11 nitrogen and oxygen atoms in total. The fraction of sp³-hybridized carbons (Fsp3) is 0.974. The lowest BCUT2D eigenvalue weighted by Gasteiger charge is -2.40. The summed E-state index contributed by atoms with van der Waals surface area (Å²) in [5.74, 6) is 0.288.